The smallest absolute Gasteiger partial charge is 0.236 e. The van der Waals surface area contributed by atoms with Gasteiger partial charge < -0.3 is 34.5 Å². The van der Waals surface area contributed by atoms with Gasteiger partial charge in [0, 0.05) is 29.9 Å². The van der Waals surface area contributed by atoms with E-state index in [0.717, 1.165) is 108 Å². The topological polar surface area (TPSA) is 128 Å². The van der Waals surface area contributed by atoms with Crippen molar-refractivity contribution in [2.45, 2.75) is 104 Å². The number of nitrogens with zero attached hydrogens (tertiary/aromatic N) is 3. The Morgan fingerprint density at radius 3 is 1.87 bits per heavy atom. The van der Waals surface area contributed by atoms with E-state index in [0.29, 0.717) is 40.8 Å². The number of hydrogen-bond donors (Lipinski definition) is 3. The van der Waals surface area contributed by atoms with Crippen molar-refractivity contribution in [1.29, 1.82) is 0 Å². The predicted molar refractivity (Wildman–Crippen MR) is 217 cm³/mol. The van der Waals surface area contributed by atoms with E-state index in [1.54, 1.807) is 20.3 Å². The average Bonchev–Trinajstić information content (AvgIpc) is 3.18. The number of nitrogens with one attached hydrogen (secondary N) is 1. The Hall–Kier alpha value is -3.93. The Balaban J connectivity index is 1.11. The Kier molecular flexibility index (Phi) is 14.3. The molecule has 3 N–H and O–H groups in total. The molecule has 10 nitrogen and oxygen atoms in total. The summed E-state index contributed by atoms with van der Waals surface area (Å²) in [7, 11) is 3.15. The summed E-state index contributed by atoms with van der Waals surface area (Å²) < 4.78 is 23.5. The Morgan fingerprint density at radius 2 is 1.29 bits per heavy atom. The molecule has 0 radical (unpaired) electrons. The first-order valence-electron chi connectivity index (χ1n) is 19.2. The van der Waals surface area contributed by atoms with Gasteiger partial charge in [-0.2, -0.15) is 9.97 Å². The highest BCUT2D eigenvalue weighted by atomic mass is 35.5. The van der Waals surface area contributed by atoms with Crippen LogP contribution in [0.3, 0.4) is 0 Å². The summed E-state index contributed by atoms with van der Waals surface area (Å²) in [6.45, 7) is 6.26. The van der Waals surface area contributed by atoms with Crippen LogP contribution < -0.4 is 24.3 Å². The maximum Gasteiger partial charge on any atom is 0.236 e. The number of halogens is 2. The molecule has 294 valence electrons. The second kappa shape index (κ2) is 19.3. The van der Waals surface area contributed by atoms with Crippen LogP contribution in [0.2, 0.25) is 10.0 Å². The molecular weight excluding hydrogens is 739 g/mol. The van der Waals surface area contributed by atoms with Crippen LogP contribution in [-0.4, -0.2) is 58.9 Å². The molecule has 12 heteroatoms. The molecule has 6 rings (SSSR count). The first-order chi connectivity index (χ1) is 26.7. The zero-order valence-electron chi connectivity index (χ0n) is 32.2. The molecule has 0 aliphatic heterocycles. The molecule has 55 heavy (non-hydrogen) atoms. The lowest BCUT2D eigenvalue weighted by molar-refractivity contribution is 0.0695. The van der Waals surface area contributed by atoms with Crippen LogP contribution >= 0.6 is 23.2 Å². The van der Waals surface area contributed by atoms with Crippen molar-refractivity contribution in [1.82, 2.24) is 15.3 Å². The zero-order chi connectivity index (χ0) is 38.9. The molecule has 0 amide bonds. The minimum atomic E-state index is -0.490. The van der Waals surface area contributed by atoms with Gasteiger partial charge in [-0.15, -0.1) is 0 Å². The fraction of sp³-hybridized carbons (Fsp3) is 0.465. The van der Waals surface area contributed by atoms with E-state index < -0.39 is 6.10 Å². The number of methoxy groups -OCH3 is 2. The molecule has 0 spiro atoms. The second-order valence-corrected chi connectivity index (χ2v) is 15.3. The summed E-state index contributed by atoms with van der Waals surface area (Å²) in [4.78, 5) is 13.8. The van der Waals surface area contributed by atoms with Gasteiger partial charge >= 0.3 is 0 Å². The Labute approximate surface area is 334 Å². The summed E-state index contributed by atoms with van der Waals surface area (Å²) in [6.07, 6.45) is 6.98. The summed E-state index contributed by atoms with van der Waals surface area (Å²) >= 11 is 13.3. The monoisotopic (exact) mass is 790 g/mol. The molecule has 0 saturated heterocycles. The van der Waals surface area contributed by atoms with E-state index in [4.69, 9.17) is 42.1 Å². The molecule has 2 aliphatic carbocycles. The second-order valence-electron chi connectivity index (χ2n) is 14.5. The van der Waals surface area contributed by atoms with E-state index in [1.165, 1.54) is 0 Å². The summed E-state index contributed by atoms with van der Waals surface area (Å²) in [5.74, 6) is 1.68. The summed E-state index contributed by atoms with van der Waals surface area (Å²) in [5.41, 5.74) is 8.67. The number of aromatic nitrogens is 2. The van der Waals surface area contributed by atoms with Crippen molar-refractivity contribution >= 4 is 28.9 Å². The van der Waals surface area contributed by atoms with Crippen LogP contribution in [0.25, 0.3) is 11.1 Å². The van der Waals surface area contributed by atoms with Crippen LogP contribution in [0.1, 0.15) is 84.7 Å². The van der Waals surface area contributed by atoms with E-state index >= 15 is 0 Å². The molecule has 2 heterocycles. The summed E-state index contributed by atoms with van der Waals surface area (Å²) in [6, 6.07) is 15.9. The van der Waals surface area contributed by atoms with Gasteiger partial charge in [-0.25, -0.2) is 0 Å². The minimum absolute atomic E-state index is 0.253. The predicted octanol–water partition coefficient (Wildman–Crippen LogP) is 8.76. The highest BCUT2D eigenvalue weighted by molar-refractivity contribution is 6.32. The van der Waals surface area contributed by atoms with Crippen molar-refractivity contribution in [2.75, 3.05) is 20.8 Å². The number of pyridine rings is 2. The first kappa shape index (κ1) is 40.7. The van der Waals surface area contributed by atoms with Crippen LogP contribution in [0.5, 0.6) is 23.5 Å². The number of ether oxygens (including phenoxy) is 4. The minimum Gasteiger partial charge on any atom is -0.481 e. The first-order valence-corrected chi connectivity index (χ1v) is 19.9. The third-order valence-electron chi connectivity index (χ3n) is 10.9. The lowest BCUT2D eigenvalue weighted by atomic mass is 9.86. The molecule has 1 unspecified atom stereocenters. The molecule has 2 aliphatic rings. The molecule has 2 aromatic carbocycles. The molecular formula is C43H52Cl2N4O6. The van der Waals surface area contributed by atoms with E-state index in [2.05, 4.69) is 46.3 Å². The molecule has 3 atom stereocenters. The van der Waals surface area contributed by atoms with Gasteiger partial charge in [0.1, 0.15) is 23.3 Å². The normalized spacial score (nSPS) is 19.3. The Bertz CT molecular complexity index is 1970. The van der Waals surface area contributed by atoms with Gasteiger partial charge in [0.15, 0.2) is 0 Å². The number of benzene rings is 2. The van der Waals surface area contributed by atoms with Crippen LogP contribution in [0, 0.1) is 19.8 Å². The fourth-order valence-corrected chi connectivity index (χ4v) is 7.96. The van der Waals surface area contributed by atoms with E-state index in [1.807, 2.05) is 30.3 Å². The van der Waals surface area contributed by atoms with Gasteiger partial charge in [-0.3, -0.25) is 4.99 Å². The highest BCUT2D eigenvalue weighted by Gasteiger charge is 2.23. The molecule has 2 aromatic heterocycles. The SMILES string of the molecule is COc1nc(OCc2cccc(-c3cccc(COc4nc(OC)c(CNCC5CCCC[C@H]5O)cc4Cl)c3C)c2C)c(Cl)cc1CN=C1CCCC[C@H]1O. The molecule has 4 aromatic rings. The standard InChI is InChI=1S/C43H52Cl2N4O6/c1-26-29(24-54-42-35(44)19-31(40(48-42)52-3)22-46-21-28-11-5-7-17-38(28)50)12-9-14-33(26)34-15-10-13-30(27(34)2)25-55-43-36(45)20-32(41(49-43)53-4)23-47-37-16-6-8-18-39(37)51/h9-10,12-15,19-20,28,38-39,46,50-51H,5-8,11,16-18,21-25H2,1-4H3/t28?,38-,39-/m1/s1. The van der Waals surface area contributed by atoms with Crippen LogP contribution in [-0.2, 0) is 26.3 Å². The quantitative estimate of drug-likeness (QED) is 0.108. The maximum atomic E-state index is 10.3. The van der Waals surface area contributed by atoms with Gasteiger partial charge in [-0.05, 0) is 97.4 Å². The van der Waals surface area contributed by atoms with Gasteiger partial charge in [-0.1, -0.05) is 78.9 Å². The van der Waals surface area contributed by atoms with E-state index in [-0.39, 0.29) is 31.1 Å². The fourth-order valence-electron chi connectivity index (χ4n) is 7.51. The zero-order valence-corrected chi connectivity index (χ0v) is 33.7. The lowest BCUT2D eigenvalue weighted by Gasteiger charge is -2.27. The Morgan fingerprint density at radius 1 is 0.727 bits per heavy atom. The van der Waals surface area contributed by atoms with Crippen molar-refractivity contribution in [3.05, 3.63) is 92.0 Å². The van der Waals surface area contributed by atoms with Crippen molar-refractivity contribution < 1.29 is 29.2 Å². The number of aliphatic imine (C=N–C) groups is 1. The third-order valence-corrected chi connectivity index (χ3v) is 11.4. The van der Waals surface area contributed by atoms with Gasteiger partial charge in [0.2, 0.25) is 23.5 Å². The maximum absolute atomic E-state index is 10.3. The summed E-state index contributed by atoms with van der Waals surface area (Å²) in [5, 5.41) is 24.8. The third kappa shape index (κ3) is 10.1. The highest BCUT2D eigenvalue weighted by Crippen LogP contribution is 2.35. The van der Waals surface area contributed by atoms with Crippen LogP contribution in [0.15, 0.2) is 53.5 Å². The molecule has 0 bridgehead atoms. The van der Waals surface area contributed by atoms with E-state index in [9.17, 15) is 10.2 Å². The van der Waals surface area contributed by atoms with Crippen LogP contribution in [0.4, 0.5) is 0 Å². The van der Waals surface area contributed by atoms with Gasteiger partial charge in [0.05, 0.1) is 33.0 Å². The molecule has 2 saturated carbocycles. The largest absolute Gasteiger partial charge is 0.481 e. The lowest BCUT2D eigenvalue weighted by Crippen LogP contribution is -2.33. The average molecular weight is 792 g/mol. The van der Waals surface area contributed by atoms with Crippen molar-refractivity contribution in [2.24, 2.45) is 10.9 Å². The van der Waals surface area contributed by atoms with Crippen molar-refractivity contribution in [3.63, 3.8) is 0 Å². The number of rotatable bonds is 15. The van der Waals surface area contributed by atoms with Gasteiger partial charge in [0.25, 0.3) is 0 Å². The van der Waals surface area contributed by atoms with Crippen molar-refractivity contribution in [3.8, 4) is 34.6 Å². The number of aliphatic hydroxyl groups excluding tert-OH is 2. The number of aliphatic hydroxyl groups is 2. The molecule has 2 fully saturated rings. The number of hydrogen-bond acceptors (Lipinski definition) is 10.